The standard InChI is InChI=1S/C13H16ClN3O2/c14-11-2-1-3-12(13(11)17(18)19)16-9-4-5-10(16)7-8(15)6-9/h1-3,8-10H,4-7,15H2. The maximum Gasteiger partial charge on any atom is 0.310 e. The Balaban J connectivity index is 2.04. The van der Waals surface area contributed by atoms with Crippen LogP contribution in [-0.4, -0.2) is 23.0 Å². The molecule has 0 radical (unpaired) electrons. The lowest BCUT2D eigenvalue weighted by Gasteiger charge is -2.39. The van der Waals surface area contributed by atoms with E-state index in [1.165, 1.54) is 0 Å². The number of fused-ring (bicyclic) bond motifs is 2. The van der Waals surface area contributed by atoms with Crippen LogP contribution in [-0.2, 0) is 0 Å². The molecule has 0 aliphatic carbocycles. The van der Waals surface area contributed by atoms with Crippen molar-refractivity contribution in [1.29, 1.82) is 0 Å². The lowest BCUT2D eigenvalue weighted by molar-refractivity contribution is -0.384. The summed E-state index contributed by atoms with van der Waals surface area (Å²) in [4.78, 5) is 13.0. The zero-order valence-electron chi connectivity index (χ0n) is 10.5. The van der Waals surface area contributed by atoms with Crippen LogP contribution in [0.15, 0.2) is 18.2 Å². The molecule has 2 fully saturated rings. The van der Waals surface area contributed by atoms with Crippen molar-refractivity contribution in [2.45, 2.75) is 43.8 Å². The van der Waals surface area contributed by atoms with Gasteiger partial charge in [-0.05, 0) is 37.8 Å². The summed E-state index contributed by atoms with van der Waals surface area (Å²) in [5.41, 5.74) is 6.71. The number of nitrogens with two attached hydrogens (primary N) is 1. The Bertz CT molecular complexity index is 509. The van der Waals surface area contributed by atoms with E-state index in [9.17, 15) is 10.1 Å². The maximum atomic E-state index is 11.3. The van der Waals surface area contributed by atoms with E-state index in [1.807, 2.05) is 0 Å². The average molecular weight is 282 g/mol. The molecule has 2 atom stereocenters. The number of para-hydroxylation sites is 1. The lowest BCUT2D eigenvalue weighted by Crippen LogP contribution is -2.47. The number of nitrogens with zero attached hydrogens (tertiary/aromatic N) is 2. The topological polar surface area (TPSA) is 72.4 Å². The molecule has 2 bridgehead atoms. The van der Waals surface area contributed by atoms with Gasteiger partial charge in [-0.1, -0.05) is 17.7 Å². The van der Waals surface area contributed by atoms with Gasteiger partial charge in [0.1, 0.15) is 10.7 Å². The normalized spacial score (nSPS) is 29.6. The number of rotatable bonds is 2. The van der Waals surface area contributed by atoms with Gasteiger partial charge in [-0.25, -0.2) is 0 Å². The molecule has 19 heavy (non-hydrogen) atoms. The minimum atomic E-state index is -0.383. The van der Waals surface area contributed by atoms with E-state index in [-0.39, 0.29) is 21.7 Å². The third kappa shape index (κ3) is 2.07. The van der Waals surface area contributed by atoms with E-state index in [2.05, 4.69) is 4.90 Å². The number of nitro benzene ring substituents is 1. The smallest absolute Gasteiger partial charge is 0.310 e. The molecule has 6 heteroatoms. The Kier molecular flexibility index (Phi) is 3.11. The number of halogens is 1. The second-order valence-electron chi connectivity index (χ2n) is 5.39. The summed E-state index contributed by atoms with van der Waals surface area (Å²) in [6, 6.07) is 5.98. The van der Waals surface area contributed by atoms with Crippen LogP contribution in [0.25, 0.3) is 0 Å². The largest absolute Gasteiger partial charge is 0.360 e. The van der Waals surface area contributed by atoms with Gasteiger partial charge in [0.15, 0.2) is 0 Å². The molecular formula is C13H16ClN3O2. The Labute approximate surface area is 116 Å². The first kappa shape index (κ1) is 12.7. The Morgan fingerprint density at radius 1 is 1.32 bits per heavy atom. The molecule has 3 rings (SSSR count). The van der Waals surface area contributed by atoms with Gasteiger partial charge in [0, 0.05) is 18.1 Å². The minimum Gasteiger partial charge on any atom is -0.360 e. The van der Waals surface area contributed by atoms with E-state index in [4.69, 9.17) is 17.3 Å². The second kappa shape index (κ2) is 4.65. The fourth-order valence-corrected chi connectivity index (χ4v) is 3.74. The van der Waals surface area contributed by atoms with Gasteiger partial charge in [-0.2, -0.15) is 0 Å². The highest BCUT2D eigenvalue weighted by atomic mass is 35.5. The fourth-order valence-electron chi connectivity index (χ4n) is 3.51. The van der Waals surface area contributed by atoms with Crippen LogP contribution in [0.3, 0.4) is 0 Å². The molecule has 2 aliphatic heterocycles. The fraction of sp³-hybridized carbons (Fsp3) is 0.538. The quantitative estimate of drug-likeness (QED) is 0.668. The van der Waals surface area contributed by atoms with Crippen molar-refractivity contribution in [3.05, 3.63) is 33.3 Å². The molecule has 1 aromatic rings. The minimum absolute atomic E-state index is 0.0246. The highest BCUT2D eigenvalue weighted by Gasteiger charge is 2.42. The highest BCUT2D eigenvalue weighted by molar-refractivity contribution is 6.33. The van der Waals surface area contributed by atoms with Gasteiger partial charge in [0.05, 0.1) is 4.92 Å². The SMILES string of the molecule is NC1CC2CCC(C1)N2c1cccc(Cl)c1[N+](=O)[O-]. The molecule has 2 heterocycles. The number of hydrogen-bond donors (Lipinski definition) is 1. The van der Waals surface area contributed by atoms with E-state index < -0.39 is 0 Å². The van der Waals surface area contributed by atoms with Crippen molar-refractivity contribution < 1.29 is 4.92 Å². The molecule has 2 unspecified atom stereocenters. The number of nitro groups is 1. The van der Waals surface area contributed by atoms with Gasteiger partial charge < -0.3 is 10.6 Å². The molecule has 0 saturated carbocycles. The first-order chi connectivity index (χ1) is 9.08. The van der Waals surface area contributed by atoms with E-state index in [0.717, 1.165) is 25.7 Å². The zero-order chi connectivity index (χ0) is 13.6. The molecule has 2 N–H and O–H groups in total. The van der Waals surface area contributed by atoms with Crippen LogP contribution >= 0.6 is 11.6 Å². The van der Waals surface area contributed by atoms with Crippen LogP contribution in [0.5, 0.6) is 0 Å². The van der Waals surface area contributed by atoms with Crippen molar-refractivity contribution >= 4 is 23.0 Å². The summed E-state index contributed by atoms with van der Waals surface area (Å²) >= 11 is 6.00. The molecule has 2 aliphatic rings. The van der Waals surface area contributed by atoms with Crippen LogP contribution in [0.1, 0.15) is 25.7 Å². The summed E-state index contributed by atoms with van der Waals surface area (Å²) in [5.74, 6) is 0. The van der Waals surface area contributed by atoms with E-state index in [0.29, 0.717) is 17.8 Å². The van der Waals surface area contributed by atoms with Crippen LogP contribution in [0.2, 0.25) is 5.02 Å². The Morgan fingerprint density at radius 3 is 2.53 bits per heavy atom. The zero-order valence-corrected chi connectivity index (χ0v) is 11.2. The summed E-state index contributed by atoms with van der Waals surface area (Å²) in [6.07, 6.45) is 3.92. The molecule has 1 aromatic carbocycles. The van der Waals surface area contributed by atoms with Crippen molar-refractivity contribution in [1.82, 2.24) is 0 Å². The predicted molar refractivity (Wildman–Crippen MR) is 74.6 cm³/mol. The van der Waals surface area contributed by atoms with E-state index in [1.54, 1.807) is 18.2 Å². The summed E-state index contributed by atoms with van der Waals surface area (Å²) in [6.45, 7) is 0. The van der Waals surface area contributed by atoms with Crippen LogP contribution in [0, 0.1) is 10.1 Å². The Hall–Kier alpha value is -1.33. The van der Waals surface area contributed by atoms with Crippen LogP contribution < -0.4 is 10.6 Å². The second-order valence-corrected chi connectivity index (χ2v) is 5.80. The molecule has 0 spiro atoms. The highest BCUT2D eigenvalue weighted by Crippen LogP contribution is 2.44. The molecule has 2 saturated heterocycles. The molecular weight excluding hydrogens is 266 g/mol. The third-order valence-electron chi connectivity index (χ3n) is 4.20. The summed E-state index contributed by atoms with van der Waals surface area (Å²) < 4.78 is 0. The predicted octanol–water partition coefficient (Wildman–Crippen LogP) is 2.71. The number of benzene rings is 1. The van der Waals surface area contributed by atoms with Gasteiger partial charge in [-0.15, -0.1) is 0 Å². The molecule has 5 nitrogen and oxygen atoms in total. The number of hydrogen-bond acceptors (Lipinski definition) is 4. The third-order valence-corrected chi connectivity index (χ3v) is 4.50. The Morgan fingerprint density at radius 2 is 1.95 bits per heavy atom. The van der Waals surface area contributed by atoms with Gasteiger partial charge >= 0.3 is 5.69 Å². The van der Waals surface area contributed by atoms with Crippen molar-refractivity contribution in [3.8, 4) is 0 Å². The average Bonchev–Trinajstić information content (AvgIpc) is 2.60. The first-order valence-corrected chi connectivity index (χ1v) is 6.92. The lowest BCUT2D eigenvalue weighted by atomic mass is 9.97. The van der Waals surface area contributed by atoms with Gasteiger partial charge in [-0.3, -0.25) is 10.1 Å². The van der Waals surface area contributed by atoms with Crippen molar-refractivity contribution in [2.24, 2.45) is 5.73 Å². The van der Waals surface area contributed by atoms with E-state index >= 15 is 0 Å². The number of anilines is 1. The summed E-state index contributed by atoms with van der Waals surface area (Å²) in [7, 11) is 0. The first-order valence-electron chi connectivity index (χ1n) is 6.54. The summed E-state index contributed by atoms with van der Waals surface area (Å²) in [5, 5.41) is 11.5. The number of piperidine rings is 1. The van der Waals surface area contributed by atoms with Gasteiger partial charge in [0.25, 0.3) is 0 Å². The van der Waals surface area contributed by atoms with Crippen molar-refractivity contribution in [2.75, 3.05) is 4.90 Å². The monoisotopic (exact) mass is 281 g/mol. The molecule has 0 aromatic heterocycles. The van der Waals surface area contributed by atoms with Crippen LogP contribution in [0.4, 0.5) is 11.4 Å². The molecule has 102 valence electrons. The van der Waals surface area contributed by atoms with Gasteiger partial charge in [0.2, 0.25) is 0 Å². The van der Waals surface area contributed by atoms with Crippen molar-refractivity contribution in [3.63, 3.8) is 0 Å². The molecule has 0 amide bonds. The maximum absolute atomic E-state index is 11.3.